The summed E-state index contributed by atoms with van der Waals surface area (Å²) in [4.78, 5) is 22.2. The summed E-state index contributed by atoms with van der Waals surface area (Å²) in [5.74, 6) is -1.45. The third-order valence-corrected chi connectivity index (χ3v) is 9.01. The average molecular weight is 744 g/mol. The molecule has 7 aromatic rings. The van der Waals surface area contributed by atoms with Crippen LogP contribution in [0.4, 0.5) is 19.0 Å². The average Bonchev–Trinajstić information content (AvgIpc) is 3.50. The molecular formula is C38H32F3N5O6S. The summed E-state index contributed by atoms with van der Waals surface area (Å²) >= 11 is 0. The fraction of sp³-hybridized carbons (Fsp3) is 0.158. The lowest BCUT2D eigenvalue weighted by Gasteiger charge is -2.17. The van der Waals surface area contributed by atoms with Crippen LogP contribution in [0.1, 0.15) is 38.1 Å². The van der Waals surface area contributed by atoms with Crippen molar-refractivity contribution in [3.8, 4) is 28.1 Å². The van der Waals surface area contributed by atoms with Gasteiger partial charge in [-0.25, -0.2) is 27.8 Å². The van der Waals surface area contributed by atoms with Crippen molar-refractivity contribution in [1.29, 1.82) is 0 Å². The lowest BCUT2D eigenvalue weighted by atomic mass is 9.99. The molecule has 15 heteroatoms. The summed E-state index contributed by atoms with van der Waals surface area (Å²) in [6.45, 7) is 7.14. The molecule has 3 aromatic heterocycles. The van der Waals surface area contributed by atoms with E-state index in [1.807, 2.05) is 6.92 Å². The monoisotopic (exact) mass is 743 g/mol. The first-order valence-corrected chi connectivity index (χ1v) is 17.6. The summed E-state index contributed by atoms with van der Waals surface area (Å²) in [6.07, 6.45) is 1.04. The predicted octanol–water partition coefficient (Wildman–Crippen LogP) is 7.90. The molecule has 272 valence electrons. The van der Waals surface area contributed by atoms with Gasteiger partial charge in [-0.1, -0.05) is 29.8 Å². The van der Waals surface area contributed by atoms with Gasteiger partial charge in [-0.15, -0.1) is 0 Å². The van der Waals surface area contributed by atoms with Crippen LogP contribution >= 0.6 is 0 Å². The summed E-state index contributed by atoms with van der Waals surface area (Å²) < 4.78 is 86.2. The van der Waals surface area contributed by atoms with Gasteiger partial charge in [0.1, 0.15) is 46.9 Å². The second-order valence-corrected chi connectivity index (χ2v) is 13.8. The van der Waals surface area contributed by atoms with Crippen molar-refractivity contribution in [3.63, 3.8) is 0 Å². The van der Waals surface area contributed by atoms with Gasteiger partial charge >= 0.3 is 0 Å². The van der Waals surface area contributed by atoms with E-state index in [9.17, 15) is 26.4 Å². The zero-order valence-corrected chi connectivity index (χ0v) is 29.5. The van der Waals surface area contributed by atoms with Crippen LogP contribution in [-0.2, 0) is 10.1 Å². The van der Waals surface area contributed by atoms with Crippen molar-refractivity contribution < 1.29 is 35.3 Å². The molecule has 0 spiro atoms. The minimum Gasteiger partial charge on any atom is -0.488 e. The number of aromatic nitrogens is 4. The van der Waals surface area contributed by atoms with Crippen LogP contribution in [0.15, 0.2) is 105 Å². The number of benzene rings is 4. The lowest BCUT2D eigenvalue weighted by molar-refractivity contribution is 0.231. The molecule has 3 N–H and O–H groups in total. The van der Waals surface area contributed by atoms with E-state index >= 15 is 0 Å². The van der Waals surface area contributed by atoms with Gasteiger partial charge in [0.15, 0.2) is 17.2 Å². The lowest BCUT2D eigenvalue weighted by Crippen LogP contribution is -2.16. The van der Waals surface area contributed by atoms with E-state index in [1.54, 1.807) is 45.0 Å². The van der Waals surface area contributed by atoms with Crippen molar-refractivity contribution in [3.05, 3.63) is 130 Å². The van der Waals surface area contributed by atoms with Gasteiger partial charge in [0.25, 0.3) is 10.1 Å². The minimum atomic E-state index is -4.02. The van der Waals surface area contributed by atoms with Crippen molar-refractivity contribution in [2.45, 2.75) is 44.7 Å². The first kappa shape index (κ1) is 36.7. The SMILES string of the molecule is CC(C)Oc1ccc(-c2nn(C(C)c3oc4ccc(F)cc4c(=O)c3-c3cccc(F)c3)c3ncnc(N)c23)cc1F.Cc1ccc(S(=O)(=O)O)cc1. The van der Waals surface area contributed by atoms with Crippen LogP contribution < -0.4 is 15.9 Å². The predicted molar refractivity (Wildman–Crippen MR) is 194 cm³/mol. The third kappa shape index (κ3) is 7.61. The zero-order valence-electron chi connectivity index (χ0n) is 28.7. The van der Waals surface area contributed by atoms with Gasteiger partial charge in [0, 0.05) is 5.56 Å². The van der Waals surface area contributed by atoms with E-state index < -0.39 is 39.0 Å². The maximum absolute atomic E-state index is 15.0. The summed E-state index contributed by atoms with van der Waals surface area (Å²) in [5.41, 5.74) is 8.06. The van der Waals surface area contributed by atoms with Crippen molar-refractivity contribution in [1.82, 2.24) is 19.7 Å². The third-order valence-electron chi connectivity index (χ3n) is 8.14. The van der Waals surface area contributed by atoms with Crippen LogP contribution in [0.25, 0.3) is 44.4 Å². The molecule has 53 heavy (non-hydrogen) atoms. The van der Waals surface area contributed by atoms with Gasteiger partial charge in [-0.05, 0) is 93.9 Å². The largest absolute Gasteiger partial charge is 0.488 e. The Bertz CT molecular complexity index is 2660. The number of ether oxygens (including phenoxy) is 1. The smallest absolute Gasteiger partial charge is 0.294 e. The topological polar surface area (TPSA) is 163 Å². The molecule has 0 saturated heterocycles. The Balaban J connectivity index is 0.000000376. The number of halogens is 3. The van der Waals surface area contributed by atoms with E-state index in [-0.39, 0.29) is 50.4 Å². The number of hydrogen-bond acceptors (Lipinski definition) is 9. The number of rotatable bonds is 7. The van der Waals surface area contributed by atoms with Crippen LogP contribution in [0.2, 0.25) is 0 Å². The fourth-order valence-corrected chi connectivity index (χ4v) is 6.16. The van der Waals surface area contributed by atoms with Crippen LogP contribution in [0.5, 0.6) is 5.75 Å². The second-order valence-electron chi connectivity index (χ2n) is 12.3. The number of nitrogen functional groups attached to an aromatic ring is 1. The molecule has 0 radical (unpaired) electrons. The van der Waals surface area contributed by atoms with Crippen LogP contribution in [0.3, 0.4) is 0 Å². The molecule has 1 unspecified atom stereocenters. The molecule has 3 heterocycles. The Morgan fingerprint density at radius 1 is 0.887 bits per heavy atom. The molecule has 7 rings (SSSR count). The maximum Gasteiger partial charge on any atom is 0.294 e. The number of nitrogens with zero attached hydrogens (tertiary/aromatic N) is 4. The quantitative estimate of drug-likeness (QED) is 0.153. The Morgan fingerprint density at radius 3 is 2.26 bits per heavy atom. The van der Waals surface area contributed by atoms with Gasteiger partial charge in [-0.3, -0.25) is 9.35 Å². The Kier molecular flexibility index (Phi) is 10.1. The van der Waals surface area contributed by atoms with Gasteiger partial charge in [0.05, 0.1) is 27.3 Å². The highest BCUT2D eigenvalue weighted by Gasteiger charge is 2.27. The molecule has 0 aliphatic heterocycles. The molecule has 4 aromatic carbocycles. The molecule has 1 atom stereocenters. The molecule has 11 nitrogen and oxygen atoms in total. The standard InChI is InChI=1S/C31H24F3N5O3.C7H8O3S/c1-15(2)41-24-9-7-18(12-22(24)34)27-26-30(35)36-14-37-31(26)39(38-27)16(3)29-25(17-5-4-6-19(32)11-17)28(40)21-13-20(33)8-10-23(21)42-29;1-6-2-4-7(5-3-6)11(8,9)10/h4-16H,1-3H3,(H2,35,36,37);2-5H,1H3,(H,8,9,10). The van der Waals surface area contributed by atoms with Crippen molar-refractivity contribution >= 4 is 37.9 Å². The Labute approximate surface area is 301 Å². The van der Waals surface area contributed by atoms with E-state index in [2.05, 4.69) is 9.97 Å². The summed E-state index contributed by atoms with van der Waals surface area (Å²) in [5, 5.41) is 5.10. The van der Waals surface area contributed by atoms with E-state index in [0.29, 0.717) is 22.3 Å². The molecule has 0 aliphatic carbocycles. The van der Waals surface area contributed by atoms with Crippen molar-refractivity contribution in [2.24, 2.45) is 0 Å². The molecule has 0 saturated carbocycles. The number of anilines is 1. The second kappa shape index (κ2) is 14.5. The van der Waals surface area contributed by atoms with Gasteiger partial charge in [0.2, 0.25) is 5.43 Å². The van der Waals surface area contributed by atoms with Gasteiger partial charge < -0.3 is 14.9 Å². The van der Waals surface area contributed by atoms with Crippen LogP contribution in [-0.4, -0.2) is 38.8 Å². The van der Waals surface area contributed by atoms with E-state index in [1.165, 1.54) is 65.6 Å². The van der Waals surface area contributed by atoms with E-state index in [4.69, 9.17) is 24.5 Å². The molecular weight excluding hydrogens is 712 g/mol. The van der Waals surface area contributed by atoms with E-state index in [0.717, 1.165) is 11.6 Å². The highest BCUT2D eigenvalue weighted by atomic mass is 32.2. The minimum absolute atomic E-state index is 0.00183. The number of aryl methyl sites for hydroxylation is 1. The fourth-order valence-electron chi connectivity index (χ4n) is 5.68. The summed E-state index contributed by atoms with van der Waals surface area (Å²) in [7, 11) is -4.02. The Hall–Kier alpha value is -6.06. The van der Waals surface area contributed by atoms with Crippen molar-refractivity contribution in [2.75, 3.05) is 5.73 Å². The zero-order chi connectivity index (χ0) is 38.2. The highest BCUT2D eigenvalue weighted by Crippen LogP contribution is 2.37. The highest BCUT2D eigenvalue weighted by molar-refractivity contribution is 7.85. The number of nitrogens with two attached hydrogens (primary N) is 1. The molecule has 0 fully saturated rings. The molecule has 0 amide bonds. The van der Waals surface area contributed by atoms with Crippen LogP contribution in [0, 0.1) is 24.4 Å². The maximum atomic E-state index is 15.0. The first-order valence-electron chi connectivity index (χ1n) is 16.1. The number of fused-ring (bicyclic) bond motifs is 2. The van der Waals surface area contributed by atoms with Gasteiger partial charge in [-0.2, -0.15) is 13.5 Å². The summed E-state index contributed by atoms with van der Waals surface area (Å²) in [6, 6.07) is 18.7. The first-order chi connectivity index (χ1) is 25.1. The Morgan fingerprint density at radius 2 is 1.60 bits per heavy atom. The number of hydrogen-bond donors (Lipinski definition) is 2. The molecule has 0 aliphatic rings. The normalized spacial score (nSPS) is 12.2. The molecule has 0 bridgehead atoms.